The van der Waals surface area contributed by atoms with Crippen LogP contribution in [0.15, 0.2) is 95.1 Å². The van der Waals surface area contributed by atoms with Crippen LogP contribution in [0.1, 0.15) is 42.0 Å². The lowest BCUT2D eigenvalue weighted by Crippen LogP contribution is -2.46. The van der Waals surface area contributed by atoms with E-state index in [0.717, 1.165) is 41.8 Å². The van der Waals surface area contributed by atoms with Crippen molar-refractivity contribution in [3.8, 4) is 11.4 Å². The van der Waals surface area contributed by atoms with E-state index >= 15 is 0 Å². The van der Waals surface area contributed by atoms with Crippen LogP contribution in [0, 0.1) is 6.92 Å². The fourth-order valence-corrected chi connectivity index (χ4v) is 4.81. The molecule has 0 spiro atoms. The van der Waals surface area contributed by atoms with Gasteiger partial charge in [0.2, 0.25) is 5.82 Å². The fourth-order valence-electron chi connectivity index (χ4n) is 4.46. The van der Waals surface area contributed by atoms with Crippen molar-refractivity contribution in [1.29, 1.82) is 0 Å². The van der Waals surface area contributed by atoms with Crippen LogP contribution >= 0.6 is 12.2 Å². The first-order valence-electron chi connectivity index (χ1n) is 11.9. The second kappa shape index (κ2) is 10.2. The minimum absolute atomic E-state index is 0.166. The summed E-state index contributed by atoms with van der Waals surface area (Å²) in [5.74, 6) is 1.09. The molecule has 0 amide bonds. The van der Waals surface area contributed by atoms with Crippen molar-refractivity contribution in [1.82, 2.24) is 20.4 Å². The number of benzene rings is 3. The van der Waals surface area contributed by atoms with Crippen LogP contribution in [0.25, 0.3) is 17.0 Å². The number of rotatable bonds is 7. The molecule has 0 fully saturated rings. The van der Waals surface area contributed by atoms with Crippen LogP contribution in [-0.2, 0) is 6.42 Å². The Morgan fingerprint density at radius 1 is 0.914 bits per heavy atom. The first kappa shape index (κ1) is 23.0. The SMILES string of the molecule is CC1=C(c2nc(-c3ccc(C)cc3)no2)C(c2ccccc2)NC(=S)N1CCCc1ccccc1. The van der Waals surface area contributed by atoms with E-state index in [-0.39, 0.29) is 6.04 Å². The van der Waals surface area contributed by atoms with E-state index in [9.17, 15) is 0 Å². The summed E-state index contributed by atoms with van der Waals surface area (Å²) in [4.78, 5) is 6.96. The van der Waals surface area contributed by atoms with Crippen LogP contribution in [0.4, 0.5) is 0 Å². The molecule has 5 nitrogen and oxygen atoms in total. The Balaban J connectivity index is 1.48. The van der Waals surface area contributed by atoms with Gasteiger partial charge in [0, 0.05) is 17.8 Å². The Morgan fingerprint density at radius 2 is 1.60 bits per heavy atom. The Kier molecular flexibility index (Phi) is 6.73. The molecule has 2 heterocycles. The van der Waals surface area contributed by atoms with Gasteiger partial charge in [-0.15, -0.1) is 0 Å². The summed E-state index contributed by atoms with van der Waals surface area (Å²) < 4.78 is 5.84. The predicted octanol–water partition coefficient (Wildman–Crippen LogP) is 6.34. The zero-order valence-corrected chi connectivity index (χ0v) is 20.8. The van der Waals surface area contributed by atoms with E-state index < -0.39 is 0 Å². The molecule has 3 aromatic carbocycles. The molecule has 0 saturated heterocycles. The molecule has 176 valence electrons. The highest BCUT2D eigenvalue weighted by Gasteiger charge is 2.33. The normalized spacial score (nSPS) is 15.9. The maximum absolute atomic E-state index is 5.84. The van der Waals surface area contributed by atoms with Crippen molar-refractivity contribution in [3.05, 3.63) is 113 Å². The summed E-state index contributed by atoms with van der Waals surface area (Å²) >= 11 is 5.82. The number of hydrogen-bond acceptors (Lipinski definition) is 4. The van der Waals surface area contributed by atoms with Crippen LogP contribution in [-0.4, -0.2) is 26.7 Å². The zero-order valence-electron chi connectivity index (χ0n) is 19.9. The molecular weight excluding hydrogens is 452 g/mol. The van der Waals surface area contributed by atoms with Gasteiger partial charge in [-0.05, 0) is 50.0 Å². The van der Waals surface area contributed by atoms with Gasteiger partial charge in [-0.3, -0.25) is 0 Å². The van der Waals surface area contributed by atoms with E-state index in [1.165, 1.54) is 11.1 Å². The molecule has 1 unspecified atom stereocenters. The standard InChI is InChI=1S/C29H28N4OS/c1-20-15-17-24(18-16-20)27-31-28(34-32-27)25-21(2)33(19-9-12-22-10-5-3-6-11-22)29(35)30-26(25)23-13-7-4-8-14-23/h3-8,10-11,13-18,26H,9,12,19H2,1-2H3,(H,30,35). The van der Waals surface area contributed by atoms with Crippen LogP contribution in [0.2, 0.25) is 0 Å². The van der Waals surface area contributed by atoms with Gasteiger partial charge in [0.05, 0.1) is 11.6 Å². The van der Waals surface area contributed by atoms with E-state index in [1.54, 1.807) is 0 Å². The van der Waals surface area contributed by atoms with Crippen LogP contribution in [0.5, 0.6) is 0 Å². The third-order valence-electron chi connectivity index (χ3n) is 6.39. The largest absolute Gasteiger partial charge is 0.351 e. The molecular formula is C29H28N4OS. The van der Waals surface area contributed by atoms with Gasteiger partial charge in [-0.1, -0.05) is 95.6 Å². The highest BCUT2D eigenvalue weighted by atomic mass is 32.1. The molecule has 1 aliphatic heterocycles. The first-order valence-corrected chi connectivity index (χ1v) is 12.3. The van der Waals surface area contributed by atoms with E-state index in [0.29, 0.717) is 16.8 Å². The highest BCUT2D eigenvalue weighted by Crippen LogP contribution is 2.37. The molecule has 0 bridgehead atoms. The van der Waals surface area contributed by atoms with Crippen LogP contribution < -0.4 is 5.32 Å². The van der Waals surface area contributed by atoms with Gasteiger partial charge >= 0.3 is 0 Å². The van der Waals surface area contributed by atoms with Gasteiger partial charge in [0.25, 0.3) is 5.89 Å². The molecule has 0 radical (unpaired) electrons. The Labute approximate surface area is 211 Å². The van der Waals surface area contributed by atoms with Gasteiger partial charge < -0.3 is 14.7 Å². The monoisotopic (exact) mass is 480 g/mol. The molecule has 5 rings (SSSR count). The van der Waals surface area contributed by atoms with Crippen molar-refractivity contribution in [2.75, 3.05) is 6.54 Å². The summed E-state index contributed by atoms with van der Waals surface area (Å²) in [7, 11) is 0. The average molecular weight is 481 g/mol. The summed E-state index contributed by atoms with van der Waals surface area (Å²) in [5, 5.41) is 8.55. The zero-order chi connectivity index (χ0) is 24.2. The quantitative estimate of drug-likeness (QED) is 0.312. The molecule has 0 saturated carbocycles. The second-order valence-electron chi connectivity index (χ2n) is 8.82. The van der Waals surface area contributed by atoms with Crippen molar-refractivity contribution < 1.29 is 4.52 Å². The first-order chi connectivity index (χ1) is 17.1. The maximum atomic E-state index is 5.84. The molecule has 4 aromatic rings. The summed E-state index contributed by atoms with van der Waals surface area (Å²) in [6, 6.07) is 28.8. The number of aryl methyl sites for hydroxylation is 2. The lowest BCUT2D eigenvalue weighted by molar-refractivity contribution is 0.396. The molecule has 1 aromatic heterocycles. The second-order valence-corrected chi connectivity index (χ2v) is 9.21. The predicted molar refractivity (Wildman–Crippen MR) is 143 cm³/mol. The number of allylic oxidation sites excluding steroid dienone is 1. The summed E-state index contributed by atoms with van der Waals surface area (Å²) in [5.41, 5.74) is 6.54. The number of aromatic nitrogens is 2. The van der Waals surface area contributed by atoms with Crippen molar-refractivity contribution in [2.24, 2.45) is 0 Å². The van der Waals surface area contributed by atoms with Gasteiger partial charge in [0.15, 0.2) is 5.11 Å². The third kappa shape index (κ3) is 5.03. The number of nitrogens with one attached hydrogen (secondary N) is 1. The topological polar surface area (TPSA) is 54.2 Å². The maximum Gasteiger partial charge on any atom is 0.258 e. The third-order valence-corrected chi connectivity index (χ3v) is 6.72. The number of nitrogens with zero attached hydrogens (tertiary/aromatic N) is 3. The molecule has 35 heavy (non-hydrogen) atoms. The Bertz CT molecular complexity index is 1330. The van der Waals surface area contributed by atoms with Gasteiger partial charge in [-0.25, -0.2) is 0 Å². The Hall–Kier alpha value is -3.77. The molecule has 1 aliphatic rings. The van der Waals surface area contributed by atoms with E-state index in [1.807, 2.05) is 36.4 Å². The highest BCUT2D eigenvalue weighted by molar-refractivity contribution is 7.80. The molecule has 0 aliphatic carbocycles. The number of hydrogen-bond donors (Lipinski definition) is 1. The fraction of sp³-hybridized carbons (Fsp3) is 0.207. The lowest BCUT2D eigenvalue weighted by atomic mass is 9.94. The summed E-state index contributed by atoms with van der Waals surface area (Å²) in [6.07, 6.45) is 1.97. The van der Waals surface area contributed by atoms with Crippen LogP contribution in [0.3, 0.4) is 0 Å². The molecule has 1 N–H and O–H groups in total. The molecule has 6 heteroatoms. The van der Waals surface area contributed by atoms with E-state index in [2.05, 4.69) is 77.8 Å². The minimum Gasteiger partial charge on any atom is -0.351 e. The lowest BCUT2D eigenvalue weighted by Gasteiger charge is -2.37. The summed E-state index contributed by atoms with van der Waals surface area (Å²) in [6.45, 7) is 4.96. The van der Waals surface area contributed by atoms with Gasteiger partial charge in [-0.2, -0.15) is 4.98 Å². The minimum atomic E-state index is -0.166. The average Bonchev–Trinajstić information content (AvgIpc) is 3.37. The van der Waals surface area contributed by atoms with Crippen molar-refractivity contribution in [3.63, 3.8) is 0 Å². The van der Waals surface area contributed by atoms with Crippen molar-refractivity contribution >= 4 is 22.9 Å². The number of thiocarbonyl (C=S) groups is 1. The smallest absolute Gasteiger partial charge is 0.258 e. The van der Waals surface area contributed by atoms with Crippen molar-refractivity contribution in [2.45, 2.75) is 32.7 Å². The Morgan fingerprint density at radius 3 is 2.31 bits per heavy atom. The molecule has 1 atom stereocenters. The van der Waals surface area contributed by atoms with Gasteiger partial charge in [0.1, 0.15) is 0 Å². The van der Waals surface area contributed by atoms with E-state index in [4.69, 9.17) is 21.7 Å².